The van der Waals surface area contributed by atoms with Crippen molar-refractivity contribution in [1.82, 2.24) is 9.88 Å². The predicted octanol–water partition coefficient (Wildman–Crippen LogP) is 4.14. The lowest BCUT2D eigenvalue weighted by Gasteiger charge is -2.22. The number of methoxy groups -OCH3 is 2. The molecule has 2 amide bonds. The van der Waals surface area contributed by atoms with E-state index in [9.17, 15) is 23.2 Å². The number of fused-ring (bicyclic) bond motifs is 1. The number of anilines is 1. The molecule has 0 spiro atoms. The van der Waals surface area contributed by atoms with E-state index in [2.05, 4.69) is 5.32 Å². The number of nitrogens with zero attached hydrogens (tertiary/aromatic N) is 3. The summed E-state index contributed by atoms with van der Waals surface area (Å²) in [5.74, 6) is -1.24. The largest absolute Gasteiger partial charge is 0.748 e. The van der Waals surface area contributed by atoms with Crippen molar-refractivity contribution >= 4 is 38.5 Å². The number of pyridine rings is 2. The molecule has 0 bridgehead atoms. The van der Waals surface area contributed by atoms with Gasteiger partial charge >= 0.3 is 0 Å². The van der Waals surface area contributed by atoms with Gasteiger partial charge in [-0.05, 0) is 43.7 Å². The van der Waals surface area contributed by atoms with Crippen molar-refractivity contribution in [3.63, 3.8) is 0 Å². The van der Waals surface area contributed by atoms with Crippen molar-refractivity contribution in [2.75, 3.05) is 45.1 Å². The Morgan fingerprint density at radius 3 is 2.19 bits per heavy atom. The third-order valence-corrected chi connectivity index (χ3v) is 7.62. The van der Waals surface area contributed by atoms with Gasteiger partial charge in [-0.1, -0.05) is 0 Å². The fourth-order valence-electron chi connectivity index (χ4n) is 5.26. The van der Waals surface area contributed by atoms with Crippen molar-refractivity contribution in [3.8, 4) is 22.9 Å². The fraction of sp³-hybridized carbons (Fsp3) is 0.243. The molecule has 16 heteroatoms. The number of amides is 2. The lowest BCUT2D eigenvalue weighted by Crippen LogP contribution is -2.35. The highest BCUT2D eigenvalue weighted by Gasteiger charge is 2.24. The van der Waals surface area contributed by atoms with E-state index in [1.165, 1.54) is 20.4 Å². The Labute approximate surface area is 304 Å². The predicted molar refractivity (Wildman–Crippen MR) is 192 cm³/mol. The first-order valence-electron chi connectivity index (χ1n) is 16.1. The number of benzene rings is 3. The second-order valence-corrected chi connectivity index (χ2v) is 13.0. The fourth-order valence-corrected chi connectivity index (χ4v) is 5.26. The van der Waals surface area contributed by atoms with Crippen molar-refractivity contribution in [1.29, 1.82) is 0 Å². The third kappa shape index (κ3) is 10.8. The molecule has 13 nitrogen and oxygen atoms in total. The number of nitrogens with one attached hydrogen (secondary N) is 1. The van der Waals surface area contributed by atoms with Gasteiger partial charge in [-0.2, -0.15) is 0 Å². The molecule has 280 valence electrons. The molecule has 0 unspecified atom stereocenters. The van der Waals surface area contributed by atoms with Crippen LogP contribution in [-0.4, -0.2) is 69.5 Å². The van der Waals surface area contributed by atoms with Crippen LogP contribution >= 0.6 is 0 Å². The first kappa shape index (κ1) is 39.9. The van der Waals surface area contributed by atoms with Gasteiger partial charge in [0.25, 0.3) is 11.8 Å². The molecule has 0 aliphatic heterocycles. The molecule has 0 saturated heterocycles. The Hall–Kier alpha value is -5.87. The summed E-state index contributed by atoms with van der Waals surface area (Å²) in [6, 6.07) is 16.3. The van der Waals surface area contributed by atoms with Crippen LogP contribution in [0.5, 0.6) is 17.2 Å². The molecule has 5 rings (SSSR count). The summed E-state index contributed by atoms with van der Waals surface area (Å²) in [5.41, 5.74) is 0.679. The quantitative estimate of drug-likeness (QED) is 0.112. The molecule has 0 aliphatic carbocycles. The van der Waals surface area contributed by atoms with E-state index in [1.807, 2.05) is 13.2 Å². The number of carbonyl (C=O) groups excluding carboxylic acids is 2. The summed E-state index contributed by atoms with van der Waals surface area (Å²) in [6.45, 7) is 2.35. The first-order chi connectivity index (χ1) is 25.1. The molecule has 0 aliphatic rings. The molecule has 0 atom stereocenters. The molecule has 3 aromatic carbocycles. The second kappa shape index (κ2) is 17.6. The Morgan fingerprint density at radius 1 is 0.962 bits per heavy atom. The third-order valence-electron chi connectivity index (χ3n) is 7.62. The standard InChI is InChI=1S/C36H34F2N4O6.CH4O3S/c1-5-41(26-15-24(37)14-25(38)16-26)36(45)32-22-42(27-17-29(46-3)19-30(18-27)47-4)33-20-28(9-10-31(33)34(32)43)48-13-7-11-39-35(44)23-8-6-12-40(2)21-23;1-5(2,3)4/h6,8-10,12,14-22H,5,7,11,13H2,1-4H3;1H3,(H,2,3,4). The number of aromatic nitrogens is 2. The van der Waals surface area contributed by atoms with Crippen LogP contribution in [0.4, 0.5) is 14.5 Å². The number of halogens is 2. The topological polar surface area (TPSA) is 160 Å². The molecular weight excluding hydrogens is 714 g/mol. The zero-order valence-corrected chi connectivity index (χ0v) is 30.4. The minimum absolute atomic E-state index is 0.0215. The molecule has 5 aromatic rings. The van der Waals surface area contributed by atoms with E-state index in [4.69, 9.17) is 27.2 Å². The summed E-state index contributed by atoms with van der Waals surface area (Å²) >= 11 is 0. The highest BCUT2D eigenvalue weighted by molar-refractivity contribution is 7.84. The SMILES string of the molecule is CCN(C(=O)c1cn(-c2cc(OC)cc(OC)c2)c2cc(OCCCNC(=O)c3ccc[n+](C)c3)ccc2c1=O)c1cc(F)cc(F)c1.CS(=O)(=O)[O-]. The Balaban J connectivity index is 0.00000117. The van der Waals surface area contributed by atoms with Crippen LogP contribution < -0.4 is 34.4 Å². The number of carbonyl (C=O) groups is 2. The Bertz CT molecular complexity index is 2250. The number of hydrogen-bond acceptors (Lipinski definition) is 9. The van der Waals surface area contributed by atoms with E-state index in [0.29, 0.717) is 59.3 Å². The van der Waals surface area contributed by atoms with Crippen LogP contribution in [0.3, 0.4) is 0 Å². The maximum atomic E-state index is 14.1. The highest BCUT2D eigenvalue weighted by Crippen LogP contribution is 2.29. The van der Waals surface area contributed by atoms with Crippen molar-refractivity contribution in [2.24, 2.45) is 7.05 Å². The van der Waals surface area contributed by atoms with Gasteiger partial charge in [0.2, 0.25) is 5.43 Å². The van der Waals surface area contributed by atoms with Gasteiger partial charge in [0.15, 0.2) is 12.4 Å². The van der Waals surface area contributed by atoms with Crippen LogP contribution in [0.25, 0.3) is 16.6 Å². The lowest BCUT2D eigenvalue weighted by molar-refractivity contribution is -0.671. The number of aryl methyl sites for hydroxylation is 1. The normalized spacial score (nSPS) is 10.9. The van der Waals surface area contributed by atoms with Crippen LogP contribution in [0.2, 0.25) is 0 Å². The van der Waals surface area contributed by atoms with Crippen molar-refractivity contribution in [2.45, 2.75) is 13.3 Å². The molecule has 0 radical (unpaired) electrons. The van der Waals surface area contributed by atoms with Gasteiger partial charge in [-0.15, -0.1) is 0 Å². The molecule has 0 fully saturated rings. The number of ether oxygens (including phenoxy) is 3. The van der Waals surface area contributed by atoms with Crippen LogP contribution in [0, 0.1) is 11.6 Å². The maximum Gasteiger partial charge on any atom is 0.263 e. The molecule has 1 N–H and O–H groups in total. The maximum absolute atomic E-state index is 14.1. The smallest absolute Gasteiger partial charge is 0.263 e. The van der Waals surface area contributed by atoms with E-state index >= 15 is 0 Å². The summed E-state index contributed by atoms with van der Waals surface area (Å²) in [5, 5.41) is 3.08. The Morgan fingerprint density at radius 2 is 1.60 bits per heavy atom. The van der Waals surface area contributed by atoms with Crippen LogP contribution in [0.15, 0.2) is 90.1 Å². The second-order valence-electron chi connectivity index (χ2n) is 11.6. The molecule has 0 saturated carbocycles. The van der Waals surface area contributed by atoms with Crippen LogP contribution in [0.1, 0.15) is 34.1 Å². The molecule has 2 heterocycles. The van der Waals surface area contributed by atoms with Gasteiger partial charge in [0.1, 0.15) is 47.1 Å². The van der Waals surface area contributed by atoms with E-state index in [1.54, 1.807) is 70.8 Å². The highest BCUT2D eigenvalue weighted by atomic mass is 32.2. The number of rotatable bonds is 12. The van der Waals surface area contributed by atoms with E-state index in [-0.39, 0.29) is 35.7 Å². The summed E-state index contributed by atoms with van der Waals surface area (Å²) in [7, 11) is 0.928. The van der Waals surface area contributed by atoms with Gasteiger partial charge in [-0.3, -0.25) is 14.4 Å². The first-order valence-corrected chi connectivity index (χ1v) is 17.9. The number of hydrogen-bond donors (Lipinski definition) is 1. The molecule has 53 heavy (non-hydrogen) atoms. The average molecular weight is 753 g/mol. The molecular formula is C37H38F2N4O9S. The van der Waals surface area contributed by atoms with E-state index < -0.39 is 33.1 Å². The minimum Gasteiger partial charge on any atom is -0.748 e. The molecule has 2 aromatic heterocycles. The van der Waals surface area contributed by atoms with Crippen molar-refractivity contribution in [3.05, 3.63) is 118 Å². The summed E-state index contributed by atoms with van der Waals surface area (Å²) in [4.78, 5) is 41.3. The monoisotopic (exact) mass is 752 g/mol. The van der Waals surface area contributed by atoms with Gasteiger partial charge < -0.3 is 33.5 Å². The summed E-state index contributed by atoms with van der Waals surface area (Å²) < 4.78 is 75.8. The summed E-state index contributed by atoms with van der Waals surface area (Å²) in [6.07, 6.45) is 6.09. The van der Waals surface area contributed by atoms with Crippen molar-refractivity contribution < 1.29 is 50.1 Å². The minimum atomic E-state index is -3.92. The zero-order valence-electron chi connectivity index (χ0n) is 29.6. The lowest BCUT2D eigenvalue weighted by atomic mass is 10.1. The van der Waals surface area contributed by atoms with Gasteiger partial charge in [0.05, 0.1) is 42.1 Å². The van der Waals surface area contributed by atoms with Crippen LogP contribution in [-0.2, 0) is 17.2 Å². The van der Waals surface area contributed by atoms with E-state index in [0.717, 1.165) is 17.0 Å². The van der Waals surface area contributed by atoms with Gasteiger partial charge in [0, 0.05) is 73.0 Å². The zero-order chi connectivity index (χ0) is 38.9. The van der Waals surface area contributed by atoms with Gasteiger partial charge in [-0.25, -0.2) is 21.8 Å². The Kier molecular flexibility index (Phi) is 13.2. The average Bonchev–Trinajstić information content (AvgIpc) is 3.10.